The molecule has 0 saturated carbocycles. The van der Waals surface area contributed by atoms with Crippen LogP contribution in [0.4, 0.5) is 4.39 Å². The van der Waals surface area contributed by atoms with Crippen LogP contribution < -0.4 is 10.5 Å². The van der Waals surface area contributed by atoms with Crippen LogP contribution in [0.1, 0.15) is 30.9 Å². The first-order valence-corrected chi connectivity index (χ1v) is 7.48. The van der Waals surface area contributed by atoms with Gasteiger partial charge in [-0.05, 0) is 37.9 Å². The third-order valence-electron chi connectivity index (χ3n) is 4.23. The van der Waals surface area contributed by atoms with Gasteiger partial charge < -0.3 is 20.1 Å². The molecule has 0 radical (unpaired) electrons. The van der Waals surface area contributed by atoms with Crippen LogP contribution in [0.3, 0.4) is 0 Å². The lowest BCUT2D eigenvalue weighted by Crippen LogP contribution is -2.38. The number of piperidine rings is 1. The minimum atomic E-state index is -0.346. The van der Waals surface area contributed by atoms with Gasteiger partial charge in [0.2, 0.25) is 0 Å². The maximum atomic E-state index is 14.0. The number of hydrogen-bond acceptors (Lipinski definition) is 4. The zero-order valence-corrected chi connectivity index (χ0v) is 12.8. The molecule has 1 aromatic rings. The van der Waals surface area contributed by atoms with Gasteiger partial charge in [0.1, 0.15) is 11.6 Å². The normalized spacial score (nSPS) is 18.7. The summed E-state index contributed by atoms with van der Waals surface area (Å²) >= 11 is 0. The van der Waals surface area contributed by atoms with E-state index < -0.39 is 0 Å². The molecule has 0 amide bonds. The van der Waals surface area contributed by atoms with Gasteiger partial charge in [0.15, 0.2) is 0 Å². The first kappa shape index (κ1) is 16.2. The first-order valence-electron chi connectivity index (χ1n) is 7.48. The lowest BCUT2D eigenvalue weighted by Gasteiger charge is -2.31. The van der Waals surface area contributed by atoms with Gasteiger partial charge in [-0.15, -0.1) is 0 Å². The lowest BCUT2D eigenvalue weighted by molar-refractivity contribution is 0.0403. The number of likely N-dealkylation sites (tertiary alicyclic amines) is 1. The molecule has 0 aromatic heterocycles. The van der Waals surface area contributed by atoms with Crippen molar-refractivity contribution in [3.8, 4) is 5.75 Å². The van der Waals surface area contributed by atoms with Gasteiger partial charge in [0, 0.05) is 31.8 Å². The van der Waals surface area contributed by atoms with Gasteiger partial charge in [-0.25, -0.2) is 4.39 Å². The fourth-order valence-electron chi connectivity index (χ4n) is 2.89. The summed E-state index contributed by atoms with van der Waals surface area (Å²) in [5.41, 5.74) is 6.65. The summed E-state index contributed by atoms with van der Waals surface area (Å²) < 4.78 is 24.5. The van der Waals surface area contributed by atoms with Crippen LogP contribution in [0.5, 0.6) is 5.75 Å². The third kappa shape index (κ3) is 4.15. The quantitative estimate of drug-likeness (QED) is 0.875. The Bertz CT molecular complexity index is 448. The average Bonchev–Trinajstić information content (AvgIpc) is 2.52. The highest BCUT2D eigenvalue weighted by Crippen LogP contribution is 2.28. The molecule has 1 atom stereocenters. The van der Waals surface area contributed by atoms with E-state index in [-0.39, 0.29) is 11.9 Å². The Labute approximate surface area is 126 Å². The number of halogens is 1. The van der Waals surface area contributed by atoms with E-state index in [4.69, 9.17) is 15.2 Å². The van der Waals surface area contributed by atoms with Crippen LogP contribution in [-0.2, 0) is 4.74 Å². The molecule has 1 saturated heterocycles. The van der Waals surface area contributed by atoms with E-state index in [1.54, 1.807) is 26.4 Å². The molecule has 4 nitrogen and oxygen atoms in total. The van der Waals surface area contributed by atoms with Gasteiger partial charge in [-0.2, -0.15) is 0 Å². The summed E-state index contributed by atoms with van der Waals surface area (Å²) in [6, 6.07) is 4.48. The van der Waals surface area contributed by atoms with Gasteiger partial charge >= 0.3 is 0 Å². The molecular weight excluding hydrogens is 271 g/mol. The second-order valence-corrected chi connectivity index (χ2v) is 5.53. The smallest absolute Gasteiger partial charge is 0.131 e. The van der Waals surface area contributed by atoms with Crippen LogP contribution in [0, 0.1) is 5.82 Å². The number of hydrogen-bond donors (Lipinski definition) is 1. The number of benzene rings is 1. The summed E-state index contributed by atoms with van der Waals surface area (Å²) in [5.74, 6) is 0.237. The molecule has 1 aromatic carbocycles. The molecule has 1 fully saturated rings. The zero-order valence-electron chi connectivity index (χ0n) is 12.8. The van der Waals surface area contributed by atoms with E-state index in [0.717, 1.165) is 38.9 Å². The summed E-state index contributed by atoms with van der Waals surface area (Å²) in [4.78, 5) is 2.36. The fourth-order valence-corrected chi connectivity index (χ4v) is 2.89. The summed E-state index contributed by atoms with van der Waals surface area (Å²) in [6.45, 7) is 2.90. The number of methoxy groups -OCH3 is 2. The molecule has 0 bridgehead atoms. The lowest BCUT2D eigenvalue weighted by atomic mass is 10.0. The minimum absolute atomic E-state index is 0.292. The van der Waals surface area contributed by atoms with Crippen LogP contribution >= 0.6 is 0 Å². The van der Waals surface area contributed by atoms with E-state index in [1.165, 1.54) is 6.07 Å². The van der Waals surface area contributed by atoms with Crippen molar-refractivity contribution in [2.75, 3.05) is 33.9 Å². The van der Waals surface area contributed by atoms with Crippen LogP contribution in [-0.4, -0.2) is 44.9 Å². The van der Waals surface area contributed by atoms with E-state index in [9.17, 15) is 4.39 Å². The summed E-state index contributed by atoms with van der Waals surface area (Å²) in [6.07, 6.45) is 3.19. The zero-order chi connectivity index (χ0) is 15.2. The van der Waals surface area contributed by atoms with Crippen molar-refractivity contribution in [3.05, 3.63) is 29.6 Å². The molecule has 1 heterocycles. The molecule has 0 spiro atoms. The highest BCUT2D eigenvalue weighted by atomic mass is 19.1. The van der Waals surface area contributed by atoms with E-state index in [2.05, 4.69) is 4.90 Å². The van der Waals surface area contributed by atoms with Crippen molar-refractivity contribution in [2.24, 2.45) is 5.73 Å². The predicted octanol–water partition coefficient (Wildman–Crippen LogP) is 2.33. The highest BCUT2D eigenvalue weighted by molar-refractivity contribution is 5.37. The van der Waals surface area contributed by atoms with Gasteiger partial charge in [-0.1, -0.05) is 6.07 Å². The Morgan fingerprint density at radius 2 is 2.05 bits per heavy atom. The maximum absolute atomic E-state index is 14.0. The number of rotatable bonds is 6. The molecule has 1 aliphatic heterocycles. The molecule has 0 aliphatic carbocycles. The predicted molar refractivity (Wildman–Crippen MR) is 81.0 cm³/mol. The van der Waals surface area contributed by atoms with Crippen molar-refractivity contribution in [1.82, 2.24) is 4.90 Å². The van der Waals surface area contributed by atoms with Gasteiger partial charge in [-0.3, -0.25) is 0 Å². The molecule has 2 rings (SSSR count). The van der Waals surface area contributed by atoms with Crippen LogP contribution in [0.2, 0.25) is 0 Å². The Morgan fingerprint density at radius 1 is 1.33 bits per heavy atom. The standard InChI is InChI=1S/C16H25FN2O2/c1-20-12-6-9-19(10-7-12)11-8-14(18)16-13(17)4-3-5-15(16)21-2/h3-5,12,14H,6-11,18H2,1-2H3. The van der Waals surface area contributed by atoms with E-state index in [1.807, 2.05) is 0 Å². The fraction of sp³-hybridized carbons (Fsp3) is 0.625. The SMILES string of the molecule is COc1cccc(F)c1C(N)CCN1CCC(OC)CC1. The van der Waals surface area contributed by atoms with Gasteiger partial charge in [0.05, 0.1) is 13.2 Å². The van der Waals surface area contributed by atoms with Crippen molar-refractivity contribution in [2.45, 2.75) is 31.4 Å². The highest BCUT2D eigenvalue weighted by Gasteiger charge is 2.21. The Balaban J connectivity index is 1.89. The second-order valence-electron chi connectivity index (χ2n) is 5.53. The molecule has 1 unspecified atom stereocenters. The van der Waals surface area contributed by atoms with Gasteiger partial charge in [0.25, 0.3) is 0 Å². The average molecular weight is 296 g/mol. The molecule has 2 N–H and O–H groups in total. The van der Waals surface area contributed by atoms with Crippen molar-refractivity contribution in [1.29, 1.82) is 0 Å². The molecule has 21 heavy (non-hydrogen) atoms. The van der Waals surface area contributed by atoms with Crippen LogP contribution in [0.15, 0.2) is 18.2 Å². The van der Waals surface area contributed by atoms with Crippen molar-refractivity contribution in [3.63, 3.8) is 0 Å². The monoisotopic (exact) mass is 296 g/mol. The van der Waals surface area contributed by atoms with E-state index >= 15 is 0 Å². The van der Waals surface area contributed by atoms with Crippen LogP contribution in [0.25, 0.3) is 0 Å². The summed E-state index contributed by atoms with van der Waals surface area (Å²) in [7, 11) is 3.31. The summed E-state index contributed by atoms with van der Waals surface area (Å²) in [5, 5.41) is 0. The number of ether oxygens (including phenoxy) is 2. The van der Waals surface area contributed by atoms with Crippen molar-refractivity contribution < 1.29 is 13.9 Å². The molecule has 5 heteroatoms. The Kier molecular flexibility index (Phi) is 5.96. The topological polar surface area (TPSA) is 47.7 Å². The Morgan fingerprint density at radius 3 is 2.67 bits per heavy atom. The number of nitrogens with zero attached hydrogens (tertiary/aromatic N) is 1. The first-order chi connectivity index (χ1) is 10.2. The number of nitrogens with two attached hydrogens (primary N) is 1. The minimum Gasteiger partial charge on any atom is -0.496 e. The second kappa shape index (κ2) is 7.73. The Hall–Kier alpha value is -1.17. The van der Waals surface area contributed by atoms with E-state index in [0.29, 0.717) is 17.4 Å². The molecular formula is C16H25FN2O2. The maximum Gasteiger partial charge on any atom is 0.131 e. The third-order valence-corrected chi connectivity index (χ3v) is 4.23. The van der Waals surface area contributed by atoms with Crippen molar-refractivity contribution >= 4 is 0 Å². The largest absolute Gasteiger partial charge is 0.496 e. The molecule has 1 aliphatic rings. The molecule has 118 valence electrons.